The van der Waals surface area contributed by atoms with Crippen LogP contribution in [0.2, 0.25) is 0 Å². The van der Waals surface area contributed by atoms with Crippen LogP contribution in [0.4, 0.5) is 13.2 Å². The van der Waals surface area contributed by atoms with Gasteiger partial charge in [0.2, 0.25) is 0 Å². The smallest absolute Gasteiger partial charge is 0.407 e. The molecule has 114 valence electrons. The van der Waals surface area contributed by atoms with Crippen LogP contribution in [0.25, 0.3) is 10.8 Å². The Hall–Kier alpha value is -1.75. The monoisotopic (exact) mass is 297 g/mol. The molecule has 0 amide bonds. The number of nitrogens with two attached hydrogens (primary N) is 1. The summed E-state index contributed by atoms with van der Waals surface area (Å²) in [6.45, 7) is 5.80. The molecule has 2 nitrogen and oxygen atoms in total. The zero-order valence-corrected chi connectivity index (χ0v) is 12.2. The summed E-state index contributed by atoms with van der Waals surface area (Å²) in [5.41, 5.74) is 4.95. The lowest BCUT2D eigenvalue weighted by Crippen LogP contribution is -2.28. The second-order valence-electron chi connectivity index (χ2n) is 6.00. The van der Waals surface area contributed by atoms with Gasteiger partial charge in [-0.05, 0) is 55.3 Å². The van der Waals surface area contributed by atoms with Crippen LogP contribution in [0, 0.1) is 0 Å². The molecule has 2 aromatic carbocycles. The van der Waals surface area contributed by atoms with E-state index >= 15 is 0 Å². The van der Waals surface area contributed by atoms with Crippen molar-refractivity contribution in [1.82, 2.24) is 0 Å². The molecule has 2 aromatic rings. The summed E-state index contributed by atoms with van der Waals surface area (Å²) in [4.78, 5) is 0. The summed E-state index contributed by atoms with van der Waals surface area (Å²) in [5.74, 6) is 0.683. The van der Waals surface area contributed by atoms with Crippen molar-refractivity contribution in [2.24, 2.45) is 5.73 Å². The van der Waals surface area contributed by atoms with Gasteiger partial charge in [-0.15, -0.1) is 0 Å². The molecule has 0 unspecified atom stereocenters. The van der Waals surface area contributed by atoms with E-state index in [1.165, 1.54) is 12.1 Å². The quantitative estimate of drug-likeness (QED) is 0.880. The Balaban J connectivity index is 2.36. The number of benzene rings is 2. The molecule has 1 atom stereocenters. The number of fused-ring (bicyclic) bond motifs is 1. The molecule has 2 rings (SSSR count). The van der Waals surface area contributed by atoms with Crippen molar-refractivity contribution in [2.45, 2.75) is 38.6 Å². The van der Waals surface area contributed by atoms with Gasteiger partial charge in [-0.25, -0.2) is 0 Å². The second-order valence-corrected chi connectivity index (χ2v) is 6.00. The molecular formula is C16H18F3NO. The first-order valence-corrected chi connectivity index (χ1v) is 6.61. The SMILES string of the molecule is CC(C)(C)Oc1ccc2cc([C@H](N)C(F)(F)F)ccc2c1. The van der Waals surface area contributed by atoms with Gasteiger partial charge in [0, 0.05) is 0 Å². The molecule has 0 aliphatic carbocycles. The summed E-state index contributed by atoms with van der Waals surface area (Å²) in [6, 6.07) is 7.83. The van der Waals surface area contributed by atoms with Gasteiger partial charge in [-0.1, -0.05) is 18.2 Å². The Labute approximate surface area is 121 Å². The van der Waals surface area contributed by atoms with Crippen molar-refractivity contribution < 1.29 is 17.9 Å². The molecule has 0 aliphatic heterocycles. The van der Waals surface area contributed by atoms with Gasteiger partial charge in [-0.2, -0.15) is 13.2 Å². The maximum atomic E-state index is 12.6. The Morgan fingerprint density at radius 3 is 2.10 bits per heavy atom. The molecular weight excluding hydrogens is 279 g/mol. The number of hydrogen-bond acceptors (Lipinski definition) is 2. The maximum Gasteiger partial charge on any atom is 0.407 e. The van der Waals surface area contributed by atoms with Crippen LogP contribution in [0.3, 0.4) is 0 Å². The van der Waals surface area contributed by atoms with Crippen LogP contribution in [0.5, 0.6) is 5.75 Å². The number of rotatable bonds is 2. The normalized spacial score (nSPS) is 14.2. The third kappa shape index (κ3) is 3.88. The van der Waals surface area contributed by atoms with E-state index in [9.17, 15) is 13.2 Å². The van der Waals surface area contributed by atoms with Crippen LogP contribution < -0.4 is 10.5 Å². The number of halogens is 3. The van der Waals surface area contributed by atoms with Crippen LogP contribution in [0.15, 0.2) is 36.4 Å². The van der Waals surface area contributed by atoms with Gasteiger partial charge >= 0.3 is 6.18 Å². The average Bonchev–Trinajstić information content (AvgIpc) is 2.34. The molecule has 0 fully saturated rings. The van der Waals surface area contributed by atoms with E-state index in [1.54, 1.807) is 18.2 Å². The zero-order valence-electron chi connectivity index (χ0n) is 12.2. The van der Waals surface area contributed by atoms with Crippen molar-refractivity contribution >= 4 is 10.8 Å². The van der Waals surface area contributed by atoms with E-state index in [1.807, 2.05) is 26.8 Å². The Bertz CT molecular complexity index is 644. The minimum absolute atomic E-state index is 0.0551. The minimum Gasteiger partial charge on any atom is -0.488 e. The Kier molecular flexibility index (Phi) is 3.89. The molecule has 21 heavy (non-hydrogen) atoms. The highest BCUT2D eigenvalue weighted by Gasteiger charge is 2.37. The highest BCUT2D eigenvalue weighted by atomic mass is 19.4. The van der Waals surface area contributed by atoms with E-state index in [2.05, 4.69) is 0 Å². The Morgan fingerprint density at radius 2 is 1.52 bits per heavy atom. The fraction of sp³-hybridized carbons (Fsp3) is 0.375. The van der Waals surface area contributed by atoms with Crippen LogP contribution in [0.1, 0.15) is 32.4 Å². The predicted molar refractivity (Wildman–Crippen MR) is 77.3 cm³/mol. The molecule has 2 N–H and O–H groups in total. The number of ether oxygens (including phenoxy) is 1. The standard InChI is InChI=1S/C16H18F3NO/c1-15(2,3)21-13-7-6-10-8-12(5-4-11(10)9-13)14(20)16(17,18)19/h4-9,14H,20H2,1-3H3/t14-/m0/s1. The lowest BCUT2D eigenvalue weighted by atomic mass is 10.0. The van der Waals surface area contributed by atoms with E-state index in [4.69, 9.17) is 10.5 Å². The summed E-state index contributed by atoms with van der Waals surface area (Å²) in [7, 11) is 0. The van der Waals surface area contributed by atoms with Crippen molar-refractivity contribution in [3.63, 3.8) is 0 Å². The first-order valence-electron chi connectivity index (χ1n) is 6.61. The van der Waals surface area contributed by atoms with Crippen molar-refractivity contribution in [1.29, 1.82) is 0 Å². The predicted octanol–water partition coefficient (Wildman–Crippen LogP) is 4.58. The lowest BCUT2D eigenvalue weighted by Gasteiger charge is -2.21. The lowest BCUT2D eigenvalue weighted by molar-refractivity contribution is -0.149. The largest absolute Gasteiger partial charge is 0.488 e. The summed E-state index contributed by atoms with van der Waals surface area (Å²) >= 11 is 0. The van der Waals surface area contributed by atoms with Crippen molar-refractivity contribution in [2.75, 3.05) is 0 Å². The molecule has 0 saturated heterocycles. The molecule has 0 saturated carbocycles. The third-order valence-corrected chi connectivity index (χ3v) is 2.97. The fourth-order valence-electron chi connectivity index (χ4n) is 2.04. The maximum absolute atomic E-state index is 12.6. The first-order chi connectivity index (χ1) is 9.56. The summed E-state index contributed by atoms with van der Waals surface area (Å²) < 4.78 is 43.7. The molecule has 0 radical (unpaired) electrons. The number of alkyl halides is 3. The number of hydrogen-bond donors (Lipinski definition) is 1. The van der Waals surface area contributed by atoms with E-state index in [-0.39, 0.29) is 11.2 Å². The highest BCUT2D eigenvalue weighted by Crippen LogP contribution is 2.32. The molecule has 5 heteroatoms. The van der Waals surface area contributed by atoms with Gasteiger partial charge in [0.1, 0.15) is 17.4 Å². The minimum atomic E-state index is -4.44. The summed E-state index contributed by atoms with van der Waals surface area (Å²) in [6.07, 6.45) is -4.44. The molecule has 0 bridgehead atoms. The first kappa shape index (κ1) is 15.6. The van der Waals surface area contributed by atoms with E-state index < -0.39 is 12.2 Å². The molecule has 0 spiro atoms. The van der Waals surface area contributed by atoms with E-state index in [0.29, 0.717) is 11.1 Å². The Morgan fingerprint density at radius 1 is 0.952 bits per heavy atom. The highest BCUT2D eigenvalue weighted by molar-refractivity contribution is 5.84. The van der Waals surface area contributed by atoms with E-state index in [0.717, 1.165) is 5.39 Å². The van der Waals surface area contributed by atoms with Crippen LogP contribution in [-0.4, -0.2) is 11.8 Å². The molecule has 0 aliphatic rings. The fourth-order valence-corrected chi connectivity index (χ4v) is 2.04. The summed E-state index contributed by atoms with van der Waals surface area (Å²) in [5, 5.41) is 1.52. The molecule has 0 heterocycles. The van der Waals surface area contributed by atoms with Gasteiger partial charge < -0.3 is 10.5 Å². The van der Waals surface area contributed by atoms with Crippen LogP contribution in [-0.2, 0) is 0 Å². The zero-order chi connectivity index (χ0) is 15.8. The van der Waals surface area contributed by atoms with Gasteiger partial charge in [-0.3, -0.25) is 0 Å². The van der Waals surface area contributed by atoms with Gasteiger partial charge in [0.05, 0.1) is 0 Å². The third-order valence-electron chi connectivity index (χ3n) is 2.97. The van der Waals surface area contributed by atoms with Crippen LogP contribution >= 0.6 is 0 Å². The average molecular weight is 297 g/mol. The second kappa shape index (κ2) is 5.22. The van der Waals surface area contributed by atoms with Gasteiger partial charge in [0.15, 0.2) is 0 Å². The molecule has 0 aromatic heterocycles. The van der Waals surface area contributed by atoms with Crippen molar-refractivity contribution in [3.8, 4) is 5.75 Å². The van der Waals surface area contributed by atoms with Gasteiger partial charge in [0.25, 0.3) is 0 Å². The topological polar surface area (TPSA) is 35.2 Å². The van der Waals surface area contributed by atoms with Crippen molar-refractivity contribution in [3.05, 3.63) is 42.0 Å².